The molecular formula is C22H23F6N5O5. The zero-order valence-electron chi connectivity index (χ0n) is 19.4. The average molecular weight is 551 g/mol. The summed E-state index contributed by atoms with van der Waals surface area (Å²) in [7, 11) is 0. The number of nitrogens with zero attached hydrogens (tertiary/aromatic N) is 2. The number of halogens is 6. The number of ether oxygens (including phenoxy) is 1. The number of benzene rings is 1. The first-order valence-corrected chi connectivity index (χ1v) is 10.9. The molecule has 0 spiro atoms. The molecule has 4 rings (SSSR count). The Hall–Kier alpha value is -4.08. The highest BCUT2D eigenvalue weighted by Gasteiger charge is 2.38. The second-order valence-corrected chi connectivity index (χ2v) is 7.71. The first kappa shape index (κ1) is 30.1. The summed E-state index contributed by atoms with van der Waals surface area (Å²) in [4.78, 5) is 22.2. The van der Waals surface area contributed by atoms with Crippen molar-refractivity contribution in [1.82, 2.24) is 20.5 Å². The summed E-state index contributed by atoms with van der Waals surface area (Å²) in [5.74, 6) is -2.70. The maximum absolute atomic E-state index is 10.6. The number of alkyl halides is 6. The summed E-state index contributed by atoms with van der Waals surface area (Å²) < 4.78 is 69.4. The number of carboxylic acids is 2. The van der Waals surface area contributed by atoms with Crippen molar-refractivity contribution < 1.29 is 50.9 Å². The average Bonchev–Trinajstić information content (AvgIpc) is 3.28. The maximum atomic E-state index is 10.6. The topological polar surface area (TPSA) is 149 Å². The highest BCUT2D eigenvalue weighted by molar-refractivity contribution is 5.94. The van der Waals surface area contributed by atoms with Gasteiger partial charge in [0.1, 0.15) is 11.1 Å². The first-order valence-electron chi connectivity index (χ1n) is 10.9. The van der Waals surface area contributed by atoms with Gasteiger partial charge in [-0.1, -0.05) is 18.2 Å². The fourth-order valence-corrected chi connectivity index (χ4v) is 3.07. The summed E-state index contributed by atoms with van der Waals surface area (Å²) in [6.07, 6.45) is -6.04. The van der Waals surface area contributed by atoms with Crippen molar-refractivity contribution in [3.8, 4) is 11.6 Å². The normalized spacial score (nSPS) is 13.9. The standard InChI is InChI=1S/C18H21N5O.2C2HF3O2/c1-2-4-14(5-3-1)24-18-16-15(8-11-20-18)22-23-17(16)21-12-13-6-9-19-10-7-13;2*3-2(4,5)1(6)7/h1-5,8,11,13,19H,6-7,9-10,12H2,(H2,21,22,23);2*(H,6,7). The number of pyridine rings is 1. The Morgan fingerprint density at radius 2 is 1.53 bits per heavy atom. The van der Waals surface area contributed by atoms with Gasteiger partial charge in [0.25, 0.3) is 0 Å². The molecule has 38 heavy (non-hydrogen) atoms. The van der Waals surface area contributed by atoms with Crippen LogP contribution >= 0.6 is 0 Å². The number of carboxylic acid groups (broad SMARTS) is 2. The molecule has 0 saturated carbocycles. The van der Waals surface area contributed by atoms with Gasteiger partial charge < -0.3 is 25.6 Å². The lowest BCUT2D eigenvalue weighted by molar-refractivity contribution is -0.193. The monoisotopic (exact) mass is 551 g/mol. The van der Waals surface area contributed by atoms with Crippen LogP contribution in [0, 0.1) is 5.92 Å². The smallest absolute Gasteiger partial charge is 0.475 e. The van der Waals surface area contributed by atoms with Crippen LogP contribution in [0.1, 0.15) is 12.8 Å². The number of rotatable bonds is 5. The van der Waals surface area contributed by atoms with Crippen LogP contribution in [0.2, 0.25) is 0 Å². The molecule has 16 heteroatoms. The van der Waals surface area contributed by atoms with E-state index in [1.54, 1.807) is 6.20 Å². The fourth-order valence-electron chi connectivity index (χ4n) is 3.07. The third-order valence-electron chi connectivity index (χ3n) is 4.90. The predicted molar refractivity (Wildman–Crippen MR) is 122 cm³/mol. The minimum Gasteiger partial charge on any atom is -0.475 e. The van der Waals surface area contributed by atoms with Gasteiger partial charge in [-0.15, -0.1) is 0 Å². The number of aromatic amines is 1. The van der Waals surface area contributed by atoms with Crippen molar-refractivity contribution in [2.24, 2.45) is 5.92 Å². The molecule has 10 nitrogen and oxygen atoms in total. The predicted octanol–water partition coefficient (Wildman–Crippen LogP) is 4.43. The molecule has 1 saturated heterocycles. The molecule has 1 aliphatic heterocycles. The van der Waals surface area contributed by atoms with Crippen LogP contribution in [0.25, 0.3) is 10.9 Å². The van der Waals surface area contributed by atoms with E-state index in [1.807, 2.05) is 36.4 Å². The minimum atomic E-state index is -5.08. The molecule has 1 aromatic carbocycles. The highest BCUT2D eigenvalue weighted by atomic mass is 19.4. The Morgan fingerprint density at radius 3 is 2.05 bits per heavy atom. The van der Waals surface area contributed by atoms with Gasteiger partial charge in [0.05, 0.1) is 5.52 Å². The number of hydrogen-bond donors (Lipinski definition) is 5. The van der Waals surface area contributed by atoms with E-state index in [2.05, 4.69) is 25.8 Å². The lowest BCUT2D eigenvalue weighted by atomic mass is 9.98. The van der Waals surface area contributed by atoms with E-state index in [9.17, 15) is 26.3 Å². The Kier molecular flexibility index (Phi) is 10.7. The zero-order chi connectivity index (χ0) is 28.3. The molecular weight excluding hydrogens is 528 g/mol. The van der Waals surface area contributed by atoms with Crippen LogP contribution in [-0.2, 0) is 9.59 Å². The van der Waals surface area contributed by atoms with Crippen LogP contribution in [0.4, 0.5) is 32.2 Å². The molecule has 0 unspecified atom stereocenters. The molecule has 5 N–H and O–H groups in total. The van der Waals surface area contributed by atoms with E-state index in [1.165, 1.54) is 12.8 Å². The van der Waals surface area contributed by atoms with Gasteiger partial charge in [-0.05, 0) is 50.0 Å². The van der Waals surface area contributed by atoms with Gasteiger partial charge in [0.15, 0.2) is 5.82 Å². The van der Waals surface area contributed by atoms with Crippen LogP contribution in [0.3, 0.4) is 0 Å². The fraction of sp³-hybridized carbons (Fsp3) is 0.364. The molecule has 0 aliphatic carbocycles. The van der Waals surface area contributed by atoms with Crippen molar-refractivity contribution >= 4 is 28.7 Å². The third-order valence-corrected chi connectivity index (χ3v) is 4.90. The molecule has 0 radical (unpaired) electrons. The van der Waals surface area contributed by atoms with Gasteiger partial charge in [-0.25, -0.2) is 14.6 Å². The summed E-state index contributed by atoms with van der Waals surface area (Å²) in [5.41, 5.74) is 0.920. The summed E-state index contributed by atoms with van der Waals surface area (Å²) in [5, 5.41) is 29.5. The second-order valence-electron chi connectivity index (χ2n) is 7.71. The van der Waals surface area contributed by atoms with Crippen molar-refractivity contribution in [2.75, 3.05) is 25.0 Å². The van der Waals surface area contributed by atoms with E-state index in [0.29, 0.717) is 11.8 Å². The van der Waals surface area contributed by atoms with Gasteiger partial charge >= 0.3 is 24.3 Å². The van der Waals surface area contributed by atoms with Gasteiger partial charge in [0, 0.05) is 12.7 Å². The molecule has 0 amide bonds. The Balaban J connectivity index is 0.000000301. The van der Waals surface area contributed by atoms with Crippen LogP contribution in [0.15, 0.2) is 42.6 Å². The number of aliphatic carboxylic acids is 2. The molecule has 208 valence electrons. The van der Waals surface area contributed by atoms with Crippen molar-refractivity contribution in [2.45, 2.75) is 25.2 Å². The summed E-state index contributed by atoms with van der Waals surface area (Å²) in [6, 6.07) is 11.6. The SMILES string of the molecule is O=C(O)C(F)(F)F.O=C(O)C(F)(F)F.c1ccc(Oc2nccc3[nH]nc(NCC4CCNCC4)c23)cc1. The number of aromatic nitrogens is 3. The number of anilines is 1. The summed E-state index contributed by atoms with van der Waals surface area (Å²) in [6.45, 7) is 3.11. The van der Waals surface area contributed by atoms with Crippen LogP contribution in [-0.4, -0.2) is 69.3 Å². The maximum Gasteiger partial charge on any atom is 0.490 e. The van der Waals surface area contributed by atoms with Crippen molar-refractivity contribution in [3.63, 3.8) is 0 Å². The Bertz CT molecular complexity index is 1160. The Labute approximate surface area is 211 Å². The number of para-hydroxylation sites is 1. The van der Waals surface area contributed by atoms with Gasteiger partial charge in [0.2, 0.25) is 5.88 Å². The number of piperidine rings is 1. The number of carbonyl (C=O) groups is 2. The summed E-state index contributed by atoms with van der Waals surface area (Å²) >= 11 is 0. The van der Waals surface area contributed by atoms with E-state index in [-0.39, 0.29) is 0 Å². The lowest BCUT2D eigenvalue weighted by Crippen LogP contribution is -2.31. The molecule has 2 aromatic heterocycles. The number of nitrogens with one attached hydrogen (secondary N) is 3. The number of H-pyrrole nitrogens is 1. The second kappa shape index (κ2) is 13.5. The van der Waals surface area contributed by atoms with Crippen LogP contribution in [0.5, 0.6) is 11.6 Å². The number of fused-ring (bicyclic) bond motifs is 1. The zero-order valence-corrected chi connectivity index (χ0v) is 19.4. The Morgan fingerprint density at radius 1 is 0.974 bits per heavy atom. The molecule has 1 aliphatic rings. The van der Waals surface area contributed by atoms with E-state index in [0.717, 1.165) is 42.1 Å². The van der Waals surface area contributed by atoms with Gasteiger partial charge in [-0.2, -0.15) is 31.4 Å². The first-order chi connectivity index (χ1) is 17.8. The van der Waals surface area contributed by atoms with E-state index in [4.69, 9.17) is 24.5 Å². The molecule has 3 aromatic rings. The van der Waals surface area contributed by atoms with Crippen molar-refractivity contribution in [3.05, 3.63) is 42.6 Å². The van der Waals surface area contributed by atoms with Gasteiger partial charge in [-0.3, -0.25) is 5.10 Å². The quantitative estimate of drug-likeness (QED) is 0.290. The van der Waals surface area contributed by atoms with E-state index < -0.39 is 24.3 Å². The molecule has 0 atom stereocenters. The molecule has 3 heterocycles. The lowest BCUT2D eigenvalue weighted by Gasteiger charge is -2.22. The molecule has 0 bridgehead atoms. The van der Waals surface area contributed by atoms with E-state index >= 15 is 0 Å². The number of hydrogen-bond acceptors (Lipinski definition) is 7. The largest absolute Gasteiger partial charge is 0.490 e. The van der Waals surface area contributed by atoms with Crippen LogP contribution < -0.4 is 15.4 Å². The molecule has 1 fully saturated rings. The third kappa shape index (κ3) is 9.76. The minimum absolute atomic E-state index is 0.570. The van der Waals surface area contributed by atoms with Crippen molar-refractivity contribution in [1.29, 1.82) is 0 Å². The highest BCUT2D eigenvalue weighted by Crippen LogP contribution is 2.32.